The number of ether oxygens (including phenoxy) is 1. The Hall–Kier alpha value is -0.460. The average molecular weight is 246 g/mol. The molecule has 1 saturated heterocycles. The first-order valence-electron chi connectivity index (χ1n) is 5.89. The molecule has 0 aromatic carbocycles. The molecular weight excluding hydrogens is 224 g/mol. The molecule has 5 atom stereocenters. The highest BCUT2D eigenvalue weighted by Crippen LogP contribution is 2.20. The largest absolute Gasteiger partial charge is 0.393 e. The zero-order chi connectivity index (χ0) is 13.0. The summed E-state index contributed by atoms with van der Waals surface area (Å²) in [6.45, 7) is 3.87. The van der Waals surface area contributed by atoms with Crippen molar-refractivity contribution in [3.05, 3.63) is 11.6 Å². The number of rotatable bonds is 4. The van der Waals surface area contributed by atoms with Crippen molar-refractivity contribution in [3.8, 4) is 0 Å². The third-order valence-electron chi connectivity index (χ3n) is 2.91. The van der Waals surface area contributed by atoms with Gasteiger partial charge in [0, 0.05) is 6.42 Å². The van der Waals surface area contributed by atoms with Crippen LogP contribution < -0.4 is 0 Å². The van der Waals surface area contributed by atoms with Crippen LogP contribution in [0.2, 0.25) is 0 Å². The molecule has 1 fully saturated rings. The van der Waals surface area contributed by atoms with Crippen LogP contribution in [-0.2, 0) is 4.74 Å². The van der Waals surface area contributed by atoms with E-state index in [0.29, 0.717) is 6.42 Å². The van der Waals surface area contributed by atoms with Crippen LogP contribution in [-0.4, -0.2) is 57.6 Å². The van der Waals surface area contributed by atoms with Crippen LogP contribution in [0.1, 0.15) is 26.7 Å². The van der Waals surface area contributed by atoms with Gasteiger partial charge in [-0.15, -0.1) is 0 Å². The fraction of sp³-hybridized carbons (Fsp3) is 0.833. The van der Waals surface area contributed by atoms with E-state index in [-0.39, 0.29) is 13.0 Å². The Morgan fingerprint density at radius 3 is 2.53 bits per heavy atom. The number of hydrogen-bond donors (Lipinski definition) is 4. The van der Waals surface area contributed by atoms with Gasteiger partial charge in [-0.25, -0.2) is 0 Å². The molecule has 0 bridgehead atoms. The normalized spacial score (nSPS) is 35.4. The molecule has 1 rings (SSSR count). The van der Waals surface area contributed by atoms with Crippen molar-refractivity contribution in [2.45, 2.75) is 57.2 Å². The Morgan fingerprint density at radius 1 is 1.29 bits per heavy atom. The van der Waals surface area contributed by atoms with Crippen LogP contribution in [0.15, 0.2) is 11.6 Å². The molecule has 100 valence electrons. The van der Waals surface area contributed by atoms with Gasteiger partial charge in [-0.1, -0.05) is 11.6 Å². The minimum atomic E-state index is -1.20. The minimum absolute atomic E-state index is 0.0156. The molecule has 0 aromatic rings. The Balaban J connectivity index is 2.43. The smallest absolute Gasteiger partial charge is 0.111 e. The summed E-state index contributed by atoms with van der Waals surface area (Å²) < 4.78 is 5.21. The van der Waals surface area contributed by atoms with Gasteiger partial charge in [-0.3, -0.25) is 0 Å². The third-order valence-corrected chi connectivity index (χ3v) is 2.91. The molecule has 1 unspecified atom stereocenters. The molecule has 0 aliphatic carbocycles. The number of hydrogen-bond acceptors (Lipinski definition) is 5. The molecule has 4 N–H and O–H groups in total. The van der Waals surface area contributed by atoms with Gasteiger partial charge in [0.15, 0.2) is 0 Å². The molecular formula is C12H22O5. The maximum Gasteiger partial charge on any atom is 0.111 e. The number of aliphatic hydroxyl groups excluding tert-OH is 4. The Kier molecular flexibility index (Phi) is 5.55. The summed E-state index contributed by atoms with van der Waals surface area (Å²) in [4.78, 5) is 0. The molecule has 1 aliphatic heterocycles. The maximum absolute atomic E-state index is 9.74. The van der Waals surface area contributed by atoms with E-state index in [1.165, 1.54) is 0 Å². The minimum Gasteiger partial charge on any atom is -0.393 e. The van der Waals surface area contributed by atoms with E-state index in [1.54, 1.807) is 0 Å². The Bertz CT molecular complexity index is 262. The standard InChI is InChI=1S/C12H22O5/c1-7(2)3-4-8(13)5-10-12(16)11(15)9(14)6-17-10/h3,8-16H,4-6H2,1-2H3/t8?,9-,10+,11+,12+/m1/s1. The van der Waals surface area contributed by atoms with Crippen molar-refractivity contribution >= 4 is 0 Å². The van der Waals surface area contributed by atoms with E-state index in [9.17, 15) is 20.4 Å². The molecule has 0 aromatic heterocycles. The lowest BCUT2D eigenvalue weighted by molar-refractivity contribution is -0.193. The summed E-state index contributed by atoms with van der Waals surface area (Å²) in [5.41, 5.74) is 1.12. The highest BCUT2D eigenvalue weighted by Gasteiger charge is 2.37. The van der Waals surface area contributed by atoms with Gasteiger partial charge in [0.25, 0.3) is 0 Å². The molecule has 0 amide bonds. The van der Waals surface area contributed by atoms with E-state index in [4.69, 9.17) is 4.74 Å². The second-order valence-electron chi connectivity index (χ2n) is 4.83. The molecule has 17 heavy (non-hydrogen) atoms. The van der Waals surface area contributed by atoms with E-state index < -0.39 is 30.5 Å². The van der Waals surface area contributed by atoms with Crippen molar-refractivity contribution in [1.82, 2.24) is 0 Å². The number of allylic oxidation sites excluding steroid dienone is 1. The highest BCUT2D eigenvalue weighted by molar-refractivity contribution is 4.95. The third kappa shape index (κ3) is 4.37. The topological polar surface area (TPSA) is 90.2 Å². The molecule has 0 radical (unpaired) electrons. The van der Waals surface area contributed by atoms with E-state index in [2.05, 4.69) is 0 Å². The molecule has 1 aliphatic rings. The summed E-state index contributed by atoms with van der Waals surface area (Å²) in [5.74, 6) is 0. The lowest BCUT2D eigenvalue weighted by atomic mass is 9.95. The van der Waals surface area contributed by atoms with Crippen molar-refractivity contribution in [3.63, 3.8) is 0 Å². The van der Waals surface area contributed by atoms with Gasteiger partial charge in [-0.2, -0.15) is 0 Å². The van der Waals surface area contributed by atoms with E-state index in [1.807, 2.05) is 19.9 Å². The predicted octanol–water partition coefficient (Wildman–Crippen LogP) is -0.425. The molecule has 5 nitrogen and oxygen atoms in total. The highest BCUT2D eigenvalue weighted by atomic mass is 16.5. The zero-order valence-corrected chi connectivity index (χ0v) is 10.3. The lowest BCUT2D eigenvalue weighted by Gasteiger charge is -2.36. The summed E-state index contributed by atoms with van der Waals surface area (Å²) in [6, 6.07) is 0. The van der Waals surface area contributed by atoms with E-state index in [0.717, 1.165) is 5.57 Å². The van der Waals surface area contributed by atoms with Crippen LogP contribution in [0.4, 0.5) is 0 Å². The van der Waals surface area contributed by atoms with Crippen molar-refractivity contribution in [1.29, 1.82) is 0 Å². The summed E-state index contributed by atoms with van der Waals surface area (Å²) in [7, 11) is 0. The SMILES string of the molecule is CC(C)=CCC(O)C[C@@H]1OC[C@@H](O)[C@H](O)[C@H]1O. The van der Waals surface area contributed by atoms with Crippen LogP contribution in [0.3, 0.4) is 0 Å². The summed E-state index contributed by atoms with van der Waals surface area (Å²) in [6.07, 6.45) is -2.02. The second-order valence-corrected chi connectivity index (χ2v) is 4.83. The van der Waals surface area contributed by atoms with Gasteiger partial charge >= 0.3 is 0 Å². The summed E-state index contributed by atoms with van der Waals surface area (Å²) >= 11 is 0. The molecule has 1 heterocycles. The van der Waals surface area contributed by atoms with Crippen LogP contribution in [0.5, 0.6) is 0 Å². The van der Waals surface area contributed by atoms with Crippen LogP contribution in [0, 0.1) is 0 Å². The molecule has 0 saturated carbocycles. The summed E-state index contributed by atoms with van der Waals surface area (Å²) in [5, 5.41) is 38.2. The fourth-order valence-corrected chi connectivity index (χ4v) is 1.81. The predicted molar refractivity (Wildman–Crippen MR) is 62.4 cm³/mol. The van der Waals surface area contributed by atoms with Gasteiger partial charge in [0.05, 0.1) is 18.8 Å². The molecule has 5 heteroatoms. The average Bonchev–Trinajstić information content (AvgIpc) is 2.27. The maximum atomic E-state index is 9.74. The zero-order valence-electron chi connectivity index (χ0n) is 10.3. The van der Waals surface area contributed by atoms with Crippen molar-refractivity contribution in [2.75, 3.05) is 6.61 Å². The lowest BCUT2D eigenvalue weighted by Crippen LogP contribution is -2.53. The Labute approximate surface area is 101 Å². The Morgan fingerprint density at radius 2 is 1.94 bits per heavy atom. The molecule has 0 spiro atoms. The monoisotopic (exact) mass is 246 g/mol. The second kappa shape index (κ2) is 6.47. The van der Waals surface area contributed by atoms with Crippen molar-refractivity contribution in [2.24, 2.45) is 0 Å². The number of aliphatic hydroxyl groups is 4. The fourth-order valence-electron chi connectivity index (χ4n) is 1.81. The van der Waals surface area contributed by atoms with E-state index >= 15 is 0 Å². The van der Waals surface area contributed by atoms with Gasteiger partial charge < -0.3 is 25.2 Å². The first kappa shape index (κ1) is 14.6. The van der Waals surface area contributed by atoms with Gasteiger partial charge in [0.1, 0.15) is 18.3 Å². The van der Waals surface area contributed by atoms with Crippen LogP contribution >= 0.6 is 0 Å². The quantitative estimate of drug-likeness (QED) is 0.506. The first-order valence-corrected chi connectivity index (χ1v) is 5.89. The van der Waals surface area contributed by atoms with Crippen molar-refractivity contribution < 1.29 is 25.2 Å². The van der Waals surface area contributed by atoms with Gasteiger partial charge in [0.2, 0.25) is 0 Å². The first-order chi connectivity index (χ1) is 7.91. The van der Waals surface area contributed by atoms with Crippen LogP contribution in [0.25, 0.3) is 0 Å². The van der Waals surface area contributed by atoms with Gasteiger partial charge in [-0.05, 0) is 20.3 Å².